The Morgan fingerprint density at radius 2 is 1.57 bits per heavy atom. The van der Waals surface area contributed by atoms with Gasteiger partial charge in [-0.25, -0.2) is 0 Å². The average Bonchev–Trinajstić information content (AvgIpc) is 3.43. The van der Waals surface area contributed by atoms with Gasteiger partial charge in [0.05, 0.1) is 20.1 Å². The number of ether oxygens (including phenoxy) is 4. The number of nitrogens with zero attached hydrogens (tertiary/aromatic N) is 1. The summed E-state index contributed by atoms with van der Waals surface area (Å²) in [6.07, 6.45) is 0. The first-order valence-electron chi connectivity index (χ1n) is 10.8. The van der Waals surface area contributed by atoms with E-state index in [0.29, 0.717) is 28.6 Å². The Labute approximate surface area is 200 Å². The summed E-state index contributed by atoms with van der Waals surface area (Å²) in [5.41, 5.74) is -0.756. The Hall–Kier alpha value is -4.40. The van der Waals surface area contributed by atoms with Crippen molar-refractivity contribution in [3.63, 3.8) is 0 Å². The van der Waals surface area contributed by atoms with Crippen molar-refractivity contribution in [2.24, 2.45) is 0 Å². The van der Waals surface area contributed by atoms with Gasteiger partial charge >= 0.3 is 0 Å². The molecule has 0 bridgehead atoms. The SMILES string of the molecule is COc1ccc(C2(C(C[N+](=O)[O-])c3ccc4c(c3)OCO4)C(=O)c3ccccc3C2=O)cc1OC. The molecular weight excluding hydrogens is 454 g/mol. The highest BCUT2D eigenvalue weighted by Crippen LogP contribution is 2.51. The van der Waals surface area contributed by atoms with Crippen LogP contribution in [0, 0.1) is 10.1 Å². The number of benzene rings is 3. The van der Waals surface area contributed by atoms with Gasteiger partial charge in [0.25, 0.3) is 0 Å². The van der Waals surface area contributed by atoms with Crippen molar-refractivity contribution in [2.75, 3.05) is 27.6 Å². The van der Waals surface area contributed by atoms with Crippen LogP contribution in [0.15, 0.2) is 60.7 Å². The summed E-state index contributed by atoms with van der Waals surface area (Å²) in [5, 5.41) is 11.9. The summed E-state index contributed by atoms with van der Waals surface area (Å²) < 4.78 is 21.6. The quantitative estimate of drug-likeness (QED) is 0.288. The average molecular weight is 475 g/mol. The lowest BCUT2D eigenvalue weighted by molar-refractivity contribution is -0.484. The number of ketones is 2. The normalized spacial score (nSPS) is 16.1. The molecule has 1 unspecified atom stereocenters. The van der Waals surface area contributed by atoms with E-state index in [1.165, 1.54) is 14.2 Å². The number of carbonyl (C=O) groups excluding carboxylic acids is 2. The van der Waals surface area contributed by atoms with Crippen LogP contribution < -0.4 is 18.9 Å². The molecule has 0 aromatic heterocycles. The van der Waals surface area contributed by atoms with Crippen molar-refractivity contribution >= 4 is 11.6 Å². The van der Waals surface area contributed by atoms with Crippen molar-refractivity contribution in [2.45, 2.75) is 11.3 Å². The van der Waals surface area contributed by atoms with Gasteiger partial charge in [-0.1, -0.05) is 36.4 Å². The minimum absolute atomic E-state index is 0.0167. The molecule has 2 aliphatic rings. The summed E-state index contributed by atoms with van der Waals surface area (Å²) in [4.78, 5) is 39.7. The highest BCUT2D eigenvalue weighted by molar-refractivity contribution is 6.33. The lowest BCUT2D eigenvalue weighted by Gasteiger charge is -2.33. The van der Waals surface area contributed by atoms with Gasteiger partial charge in [-0.15, -0.1) is 0 Å². The van der Waals surface area contributed by atoms with E-state index in [9.17, 15) is 19.7 Å². The predicted molar refractivity (Wildman–Crippen MR) is 123 cm³/mol. The van der Waals surface area contributed by atoms with Crippen LogP contribution in [-0.2, 0) is 5.41 Å². The minimum Gasteiger partial charge on any atom is -0.493 e. The topological polar surface area (TPSA) is 114 Å². The fraction of sp³-hybridized carbons (Fsp3) is 0.231. The van der Waals surface area contributed by atoms with Crippen LogP contribution in [0.4, 0.5) is 0 Å². The Balaban J connectivity index is 1.80. The Bertz CT molecular complexity index is 1330. The zero-order valence-electron chi connectivity index (χ0n) is 19.0. The molecule has 178 valence electrons. The summed E-state index contributed by atoms with van der Waals surface area (Å²) in [7, 11) is 2.91. The summed E-state index contributed by atoms with van der Waals surface area (Å²) in [6.45, 7) is -0.651. The number of hydrogen-bond acceptors (Lipinski definition) is 8. The van der Waals surface area contributed by atoms with Crippen LogP contribution in [0.1, 0.15) is 37.8 Å². The molecular formula is C26H21NO8. The van der Waals surface area contributed by atoms with Gasteiger partial charge in [-0.3, -0.25) is 19.7 Å². The fourth-order valence-corrected chi connectivity index (χ4v) is 5.04. The summed E-state index contributed by atoms with van der Waals surface area (Å²) in [6, 6.07) is 16.0. The van der Waals surface area contributed by atoms with Gasteiger partial charge in [-0.2, -0.15) is 0 Å². The van der Waals surface area contributed by atoms with Crippen LogP contribution in [-0.4, -0.2) is 44.0 Å². The molecule has 1 aliphatic carbocycles. The molecule has 1 atom stereocenters. The molecule has 9 heteroatoms. The predicted octanol–water partition coefficient (Wildman–Crippen LogP) is 3.81. The second-order valence-electron chi connectivity index (χ2n) is 8.26. The first kappa shape index (κ1) is 22.4. The summed E-state index contributed by atoms with van der Waals surface area (Å²) >= 11 is 0. The van der Waals surface area contributed by atoms with Crippen molar-refractivity contribution in [3.8, 4) is 23.0 Å². The molecule has 3 aromatic rings. The number of hydrogen-bond donors (Lipinski definition) is 0. The third kappa shape index (κ3) is 3.30. The van der Waals surface area contributed by atoms with Crippen LogP contribution >= 0.6 is 0 Å². The smallest absolute Gasteiger partial charge is 0.231 e. The first-order valence-corrected chi connectivity index (χ1v) is 10.8. The van der Waals surface area contributed by atoms with E-state index >= 15 is 0 Å². The Kier molecular flexibility index (Phi) is 5.39. The maximum Gasteiger partial charge on any atom is 0.231 e. The van der Waals surface area contributed by atoms with Crippen molar-refractivity contribution in [1.29, 1.82) is 0 Å². The molecule has 0 radical (unpaired) electrons. The van der Waals surface area contributed by atoms with Gasteiger partial charge in [-0.05, 0) is 35.4 Å². The lowest BCUT2D eigenvalue weighted by Crippen LogP contribution is -2.46. The van der Waals surface area contributed by atoms with Gasteiger partial charge in [0.2, 0.25) is 13.3 Å². The standard InChI is InChI=1S/C26H21NO8/c1-32-20-10-8-16(12-22(20)33-2)26(24(28)17-5-3-4-6-18(17)25(26)29)19(13-27(30)31)15-7-9-21-23(11-15)35-14-34-21/h3-12,19H,13-14H2,1-2H3. The molecule has 0 amide bonds. The highest BCUT2D eigenvalue weighted by Gasteiger charge is 2.60. The van der Waals surface area contributed by atoms with E-state index in [1.54, 1.807) is 60.7 Å². The van der Waals surface area contributed by atoms with Crippen LogP contribution in [0.2, 0.25) is 0 Å². The van der Waals surface area contributed by atoms with E-state index in [1.807, 2.05) is 0 Å². The van der Waals surface area contributed by atoms with Gasteiger partial charge in [0.1, 0.15) is 5.41 Å². The zero-order chi connectivity index (χ0) is 24.7. The van der Waals surface area contributed by atoms with E-state index < -0.39 is 34.4 Å². The Morgan fingerprint density at radius 1 is 0.914 bits per heavy atom. The molecule has 3 aromatic carbocycles. The maximum atomic E-state index is 14.1. The number of methoxy groups -OCH3 is 2. The molecule has 0 N–H and O–H groups in total. The maximum absolute atomic E-state index is 14.1. The molecule has 0 saturated carbocycles. The van der Waals surface area contributed by atoms with Crippen molar-refractivity contribution in [3.05, 3.63) is 93.0 Å². The molecule has 9 nitrogen and oxygen atoms in total. The van der Waals surface area contributed by atoms with Gasteiger partial charge in [0.15, 0.2) is 34.6 Å². The highest BCUT2D eigenvalue weighted by atomic mass is 16.7. The Morgan fingerprint density at radius 3 is 2.20 bits per heavy atom. The molecule has 35 heavy (non-hydrogen) atoms. The number of Topliss-reactive ketones (excluding diaryl/α,β-unsaturated/α-hetero) is 2. The van der Waals surface area contributed by atoms with Crippen LogP contribution in [0.25, 0.3) is 0 Å². The second-order valence-corrected chi connectivity index (χ2v) is 8.26. The minimum atomic E-state index is -1.90. The van der Waals surface area contributed by atoms with Crippen molar-refractivity contribution < 1.29 is 33.5 Å². The van der Waals surface area contributed by atoms with Gasteiger partial charge in [0, 0.05) is 16.1 Å². The van der Waals surface area contributed by atoms with E-state index in [0.717, 1.165) is 0 Å². The molecule has 0 saturated heterocycles. The molecule has 1 heterocycles. The summed E-state index contributed by atoms with van der Waals surface area (Å²) in [5.74, 6) is -0.570. The molecule has 0 fully saturated rings. The molecule has 0 spiro atoms. The number of fused-ring (bicyclic) bond motifs is 2. The third-order valence-corrected chi connectivity index (χ3v) is 6.62. The van der Waals surface area contributed by atoms with E-state index in [2.05, 4.69) is 0 Å². The van der Waals surface area contributed by atoms with Crippen molar-refractivity contribution in [1.82, 2.24) is 0 Å². The van der Waals surface area contributed by atoms with Crippen LogP contribution in [0.5, 0.6) is 23.0 Å². The monoisotopic (exact) mass is 475 g/mol. The number of carbonyl (C=O) groups is 2. The van der Waals surface area contributed by atoms with Crippen LogP contribution in [0.3, 0.4) is 0 Å². The van der Waals surface area contributed by atoms with E-state index in [4.69, 9.17) is 18.9 Å². The fourth-order valence-electron chi connectivity index (χ4n) is 5.04. The lowest BCUT2D eigenvalue weighted by atomic mass is 9.64. The third-order valence-electron chi connectivity index (χ3n) is 6.62. The molecule has 5 rings (SSSR count). The molecule has 1 aliphatic heterocycles. The second kappa shape index (κ2) is 8.43. The van der Waals surface area contributed by atoms with Gasteiger partial charge < -0.3 is 18.9 Å². The first-order chi connectivity index (χ1) is 16.9. The largest absolute Gasteiger partial charge is 0.493 e. The number of rotatable bonds is 7. The zero-order valence-corrected chi connectivity index (χ0v) is 19.0. The number of nitro groups is 1. The van der Waals surface area contributed by atoms with E-state index in [-0.39, 0.29) is 23.5 Å².